The first-order chi connectivity index (χ1) is 13.1. The summed E-state index contributed by atoms with van der Waals surface area (Å²) in [5.41, 5.74) is 3.01. The lowest BCUT2D eigenvalue weighted by atomic mass is 10.0. The van der Waals surface area contributed by atoms with Crippen LogP contribution in [0.15, 0.2) is 42.9 Å². The van der Waals surface area contributed by atoms with Crippen LogP contribution in [0.3, 0.4) is 0 Å². The van der Waals surface area contributed by atoms with E-state index in [0.717, 1.165) is 47.3 Å². The molecule has 6 nitrogen and oxygen atoms in total. The molecule has 0 bridgehead atoms. The molecule has 27 heavy (non-hydrogen) atoms. The lowest BCUT2D eigenvalue weighted by Gasteiger charge is -2.13. The van der Waals surface area contributed by atoms with Gasteiger partial charge in [0.05, 0.1) is 18.1 Å². The molecule has 0 amide bonds. The van der Waals surface area contributed by atoms with Gasteiger partial charge in [0.25, 0.3) is 0 Å². The van der Waals surface area contributed by atoms with Crippen LogP contribution in [-0.2, 0) is 13.5 Å². The molecule has 1 atom stereocenters. The number of benzene rings is 1. The molecule has 0 aliphatic carbocycles. The molecule has 138 valence electrons. The average molecular weight is 382 g/mol. The zero-order valence-electron chi connectivity index (χ0n) is 14.9. The van der Waals surface area contributed by atoms with Gasteiger partial charge < -0.3 is 4.90 Å². The van der Waals surface area contributed by atoms with Crippen LogP contribution in [0.25, 0.3) is 16.2 Å². The molecular weight excluding hydrogens is 363 g/mol. The predicted octanol–water partition coefficient (Wildman–Crippen LogP) is 3.40. The number of hydrogen-bond donors (Lipinski definition) is 0. The van der Waals surface area contributed by atoms with E-state index >= 15 is 0 Å². The Kier molecular flexibility index (Phi) is 3.93. The average Bonchev–Trinajstić information content (AvgIpc) is 3.39. The highest BCUT2D eigenvalue weighted by Gasteiger charge is 2.26. The summed E-state index contributed by atoms with van der Waals surface area (Å²) in [6.45, 7) is 2.03. The molecule has 1 fully saturated rings. The molecule has 4 aromatic rings. The normalized spacial score (nSPS) is 17.3. The SMILES string of the molecule is Cn1cc(CC2CCN(c3nn4cc(-c5ccc(F)cc5)nc4s3)C2)cn1. The number of aromatic nitrogens is 5. The van der Waals surface area contributed by atoms with E-state index in [4.69, 9.17) is 5.10 Å². The van der Waals surface area contributed by atoms with Crippen molar-refractivity contribution >= 4 is 21.4 Å². The van der Waals surface area contributed by atoms with Crippen molar-refractivity contribution in [3.63, 3.8) is 0 Å². The van der Waals surface area contributed by atoms with Crippen LogP contribution in [0.1, 0.15) is 12.0 Å². The maximum absolute atomic E-state index is 13.1. The summed E-state index contributed by atoms with van der Waals surface area (Å²) in [6, 6.07) is 6.39. The first-order valence-electron chi connectivity index (χ1n) is 8.99. The van der Waals surface area contributed by atoms with Crippen molar-refractivity contribution in [3.8, 4) is 11.3 Å². The molecule has 8 heteroatoms. The van der Waals surface area contributed by atoms with E-state index in [0.29, 0.717) is 5.92 Å². The first kappa shape index (κ1) is 16.4. The lowest BCUT2D eigenvalue weighted by Crippen LogP contribution is -2.20. The van der Waals surface area contributed by atoms with Gasteiger partial charge >= 0.3 is 0 Å². The fourth-order valence-electron chi connectivity index (χ4n) is 3.66. The summed E-state index contributed by atoms with van der Waals surface area (Å²) < 4.78 is 16.8. The van der Waals surface area contributed by atoms with Crippen LogP contribution in [-0.4, -0.2) is 37.5 Å². The molecule has 1 unspecified atom stereocenters. The second-order valence-corrected chi connectivity index (χ2v) is 8.01. The Morgan fingerprint density at radius 2 is 2.07 bits per heavy atom. The highest BCUT2D eigenvalue weighted by molar-refractivity contribution is 7.20. The minimum Gasteiger partial charge on any atom is -0.346 e. The van der Waals surface area contributed by atoms with Crippen LogP contribution < -0.4 is 4.90 Å². The second-order valence-electron chi connectivity index (χ2n) is 7.07. The van der Waals surface area contributed by atoms with E-state index in [2.05, 4.69) is 21.2 Å². The van der Waals surface area contributed by atoms with Gasteiger partial charge in [-0.2, -0.15) is 5.10 Å². The predicted molar refractivity (Wildman–Crippen MR) is 103 cm³/mol. The Balaban J connectivity index is 1.31. The summed E-state index contributed by atoms with van der Waals surface area (Å²) in [7, 11) is 1.95. The zero-order valence-corrected chi connectivity index (χ0v) is 15.7. The van der Waals surface area contributed by atoms with Gasteiger partial charge in [-0.3, -0.25) is 4.68 Å². The maximum atomic E-state index is 13.1. The largest absolute Gasteiger partial charge is 0.346 e. The van der Waals surface area contributed by atoms with Gasteiger partial charge in [0.15, 0.2) is 0 Å². The number of fused-ring (bicyclic) bond motifs is 1. The summed E-state index contributed by atoms with van der Waals surface area (Å²) in [6.07, 6.45) is 8.18. The second kappa shape index (κ2) is 6.45. The minimum atomic E-state index is -0.241. The molecule has 1 aliphatic rings. The number of halogens is 1. The number of rotatable bonds is 4. The molecule has 0 spiro atoms. The molecule has 5 rings (SSSR count). The van der Waals surface area contributed by atoms with Crippen molar-refractivity contribution in [3.05, 3.63) is 54.2 Å². The molecule has 1 aliphatic heterocycles. The number of anilines is 1. The highest BCUT2D eigenvalue weighted by Crippen LogP contribution is 2.31. The van der Waals surface area contributed by atoms with Crippen molar-refractivity contribution in [2.45, 2.75) is 12.8 Å². The summed E-state index contributed by atoms with van der Waals surface area (Å²) in [5, 5.41) is 9.98. The molecule has 1 saturated heterocycles. The zero-order chi connectivity index (χ0) is 18.4. The fraction of sp³-hybridized carbons (Fsp3) is 0.316. The number of aryl methyl sites for hydroxylation is 1. The van der Waals surface area contributed by atoms with Crippen molar-refractivity contribution in [1.82, 2.24) is 24.4 Å². The van der Waals surface area contributed by atoms with Crippen LogP contribution in [0.4, 0.5) is 9.52 Å². The maximum Gasteiger partial charge on any atom is 0.214 e. The van der Waals surface area contributed by atoms with E-state index in [1.54, 1.807) is 23.5 Å². The smallest absolute Gasteiger partial charge is 0.214 e. The van der Waals surface area contributed by atoms with Crippen LogP contribution in [0.5, 0.6) is 0 Å². The minimum absolute atomic E-state index is 0.241. The topological polar surface area (TPSA) is 51.2 Å². The van der Waals surface area contributed by atoms with Crippen molar-refractivity contribution in [2.24, 2.45) is 13.0 Å². The molecule has 4 heterocycles. The number of nitrogens with zero attached hydrogens (tertiary/aromatic N) is 6. The third-order valence-electron chi connectivity index (χ3n) is 5.01. The van der Waals surface area contributed by atoms with E-state index in [9.17, 15) is 4.39 Å². The third kappa shape index (κ3) is 3.21. The number of hydrogen-bond acceptors (Lipinski definition) is 5. The van der Waals surface area contributed by atoms with Crippen molar-refractivity contribution in [2.75, 3.05) is 18.0 Å². The monoisotopic (exact) mass is 382 g/mol. The summed E-state index contributed by atoms with van der Waals surface area (Å²) in [5.74, 6) is 0.384. The molecule has 0 N–H and O–H groups in total. The summed E-state index contributed by atoms with van der Waals surface area (Å²) in [4.78, 5) is 7.86. The quantitative estimate of drug-likeness (QED) is 0.543. The van der Waals surface area contributed by atoms with Gasteiger partial charge in [-0.15, -0.1) is 5.10 Å². The van der Waals surface area contributed by atoms with Crippen LogP contribution in [0.2, 0.25) is 0 Å². The van der Waals surface area contributed by atoms with Gasteiger partial charge in [-0.1, -0.05) is 11.3 Å². The van der Waals surface area contributed by atoms with E-state index < -0.39 is 0 Å². The van der Waals surface area contributed by atoms with Gasteiger partial charge in [-0.05, 0) is 48.6 Å². The Bertz CT molecular complexity index is 1050. The highest BCUT2D eigenvalue weighted by atomic mass is 32.1. The van der Waals surface area contributed by atoms with Gasteiger partial charge in [-0.25, -0.2) is 13.9 Å². The Morgan fingerprint density at radius 1 is 1.22 bits per heavy atom. The van der Waals surface area contributed by atoms with Gasteiger partial charge in [0.1, 0.15) is 5.82 Å². The number of imidazole rings is 1. The van der Waals surface area contributed by atoms with Gasteiger partial charge in [0.2, 0.25) is 10.1 Å². The van der Waals surface area contributed by atoms with E-state index in [-0.39, 0.29) is 5.82 Å². The molecular formula is C19H19FN6S. The third-order valence-corrected chi connectivity index (χ3v) is 5.99. The summed E-state index contributed by atoms with van der Waals surface area (Å²) >= 11 is 1.60. The molecule has 0 radical (unpaired) electrons. The van der Waals surface area contributed by atoms with Crippen LogP contribution >= 0.6 is 11.3 Å². The first-order valence-corrected chi connectivity index (χ1v) is 9.80. The van der Waals surface area contributed by atoms with Crippen molar-refractivity contribution in [1.29, 1.82) is 0 Å². The molecule has 1 aromatic carbocycles. The lowest BCUT2D eigenvalue weighted by molar-refractivity contribution is 0.586. The van der Waals surface area contributed by atoms with Crippen LogP contribution in [0, 0.1) is 11.7 Å². The fourth-order valence-corrected chi connectivity index (χ4v) is 4.58. The Hall–Kier alpha value is -2.74. The molecule has 3 aromatic heterocycles. The Labute approximate surface area is 159 Å². The standard InChI is InChI=1S/C19H19FN6S/c1-24-10-14(9-21-24)8-13-6-7-25(11-13)19-23-26-12-17(22-18(26)27-19)15-2-4-16(20)5-3-15/h2-5,9-10,12-13H,6-8,11H2,1H3. The van der Waals surface area contributed by atoms with Gasteiger partial charge in [0, 0.05) is 31.9 Å². The van der Waals surface area contributed by atoms with E-state index in [1.165, 1.54) is 17.7 Å². The van der Waals surface area contributed by atoms with Crippen molar-refractivity contribution < 1.29 is 4.39 Å². The van der Waals surface area contributed by atoms with E-state index in [1.807, 2.05) is 28.6 Å². The Morgan fingerprint density at radius 3 is 2.81 bits per heavy atom. The molecule has 0 saturated carbocycles.